The van der Waals surface area contributed by atoms with Crippen LogP contribution in [0.5, 0.6) is 0 Å². The Kier molecular flexibility index (Phi) is 7.54. The minimum absolute atomic E-state index is 0.501. The number of hydrogen-bond acceptors (Lipinski definition) is 1. The van der Waals surface area contributed by atoms with Gasteiger partial charge in [0.05, 0.1) is 0 Å². The predicted octanol–water partition coefficient (Wildman–Crippen LogP) is 4.15. The minimum atomic E-state index is 0.501. The zero-order chi connectivity index (χ0) is 11.0. The Bertz CT molecular complexity index is 285. The molecule has 0 bridgehead atoms. The van der Waals surface area contributed by atoms with Crippen LogP contribution in [0.3, 0.4) is 0 Å². The Labute approximate surface area is 95.0 Å². The van der Waals surface area contributed by atoms with Crippen LogP contribution in [0, 0.1) is 0 Å². The van der Waals surface area contributed by atoms with E-state index in [-0.39, 0.29) is 0 Å². The summed E-state index contributed by atoms with van der Waals surface area (Å²) in [6.45, 7) is 4.00. The van der Waals surface area contributed by atoms with Gasteiger partial charge in [-0.3, -0.25) is 0 Å². The molecule has 0 radical (unpaired) electrons. The van der Waals surface area contributed by atoms with Gasteiger partial charge in [0, 0.05) is 16.5 Å². The van der Waals surface area contributed by atoms with Gasteiger partial charge >= 0.3 is 0 Å². The Balaban J connectivity index is 0.000000791. The van der Waals surface area contributed by atoms with Crippen LogP contribution in [0.4, 0.5) is 0 Å². The van der Waals surface area contributed by atoms with E-state index in [1.807, 2.05) is 19.9 Å². The second-order valence-corrected chi connectivity index (χ2v) is 3.28. The summed E-state index contributed by atoms with van der Waals surface area (Å²) in [6.07, 6.45) is 2.06. The topological polar surface area (TPSA) is 17.1 Å². The van der Waals surface area contributed by atoms with Crippen molar-refractivity contribution < 1.29 is 4.79 Å². The van der Waals surface area contributed by atoms with Gasteiger partial charge in [0.15, 0.2) is 0 Å². The molecule has 1 rings (SSSR count). The molecular weight excluding hydrogens is 219 g/mol. The summed E-state index contributed by atoms with van der Waals surface area (Å²) in [7, 11) is 0. The average molecular weight is 233 g/mol. The van der Waals surface area contributed by atoms with Crippen molar-refractivity contribution >= 4 is 29.5 Å². The molecule has 1 nitrogen and oxygen atoms in total. The maximum absolute atomic E-state index is 10.1. The Hall–Kier alpha value is -0.530. The molecule has 14 heavy (non-hydrogen) atoms. The van der Waals surface area contributed by atoms with Crippen LogP contribution in [-0.4, -0.2) is 6.29 Å². The van der Waals surface area contributed by atoms with E-state index in [1.54, 1.807) is 12.1 Å². The first-order chi connectivity index (χ1) is 6.74. The molecule has 0 aliphatic heterocycles. The van der Waals surface area contributed by atoms with Gasteiger partial charge in [-0.05, 0) is 24.1 Å². The van der Waals surface area contributed by atoms with Crippen molar-refractivity contribution in [3.63, 3.8) is 0 Å². The quantitative estimate of drug-likeness (QED) is 0.716. The third-order valence-electron chi connectivity index (χ3n) is 1.55. The van der Waals surface area contributed by atoms with Crippen LogP contribution < -0.4 is 0 Å². The number of aldehydes is 1. The van der Waals surface area contributed by atoms with Crippen molar-refractivity contribution in [2.24, 2.45) is 0 Å². The first kappa shape index (κ1) is 13.5. The lowest BCUT2D eigenvalue weighted by atomic mass is 10.1. The van der Waals surface area contributed by atoms with Gasteiger partial charge in [-0.15, -0.1) is 0 Å². The Morgan fingerprint density at radius 3 is 2.43 bits per heavy atom. The molecule has 78 valence electrons. The molecule has 1 aromatic rings. The highest BCUT2D eigenvalue weighted by atomic mass is 35.5. The maximum Gasteiger partial charge on any atom is 0.120 e. The van der Waals surface area contributed by atoms with Crippen molar-refractivity contribution in [1.29, 1.82) is 0 Å². The van der Waals surface area contributed by atoms with E-state index in [2.05, 4.69) is 0 Å². The Morgan fingerprint density at radius 2 is 1.93 bits per heavy atom. The first-order valence-corrected chi connectivity index (χ1v) is 5.37. The highest BCUT2D eigenvalue weighted by Gasteiger charge is 1.99. The predicted molar refractivity (Wildman–Crippen MR) is 62.2 cm³/mol. The van der Waals surface area contributed by atoms with Gasteiger partial charge in [0.25, 0.3) is 0 Å². The summed E-state index contributed by atoms with van der Waals surface area (Å²) < 4.78 is 0. The van der Waals surface area contributed by atoms with E-state index < -0.39 is 0 Å². The number of hydrogen-bond donors (Lipinski definition) is 0. The van der Waals surface area contributed by atoms with Crippen molar-refractivity contribution in [2.45, 2.75) is 26.7 Å². The molecule has 0 saturated carbocycles. The van der Waals surface area contributed by atoms with Gasteiger partial charge in [0.2, 0.25) is 0 Å². The third kappa shape index (κ3) is 4.64. The van der Waals surface area contributed by atoms with Crippen LogP contribution in [-0.2, 0) is 11.2 Å². The summed E-state index contributed by atoms with van der Waals surface area (Å²) in [5.41, 5.74) is 0.966. The fraction of sp³-hybridized carbons (Fsp3) is 0.364. The van der Waals surface area contributed by atoms with E-state index in [9.17, 15) is 4.79 Å². The fourth-order valence-electron chi connectivity index (χ4n) is 0.939. The monoisotopic (exact) mass is 232 g/mol. The Morgan fingerprint density at radius 1 is 1.29 bits per heavy atom. The van der Waals surface area contributed by atoms with Crippen molar-refractivity contribution in [1.82, 2.24) is 0 Å². The SMILES string of the molecule is CC.O=CCCc1ccc(Cl)cc1Cl. The first-order valence-electron chi connectivity index (χ1n) is 4.61. The van der Waals surface area contributed by atoms with Gasteiger partial charge in [-0.25, -0.2) is 0 Å². The van der Waals surface area contributed by atoms with E-state index in [1.165, 1.54) is 0 Å². The molecule has 0 aromatic heterocycles. The largest absolute Gasteiger partial charge is 0.303 e. The lowest BCUT2D eigenvalue weighted by Gasteiger charge is -2.00. The second-order valence-electron chi connectivity index (χ2n) is 2.44. The number of benzene rings is 1. The van der Waals surface area contributed by atoms with Crippen LogP contribution in [0.25, 0.3) is 0 Å². The summed E-state index contributed by atoms with van der Waals surface area (Å²) in [5.74, 6) is 0. The van der Waals surface area contributed by atoms with Crippen molar-refractivity contribution in [2.75, 3.05) is 0 Å². The molecule has 0 spiro atoms. The molecule has 0 aliphatic carbocycles. The van der Waals surface area contributed by atoms with Gasteiger partial charge in [-0.2, -0.15) is 0 Å². The number of rotatable bonds is 3. The van der Waals surface area contributed by atoms with Crippen LogP contribution in [0.2, 0.25) is 10.0 Å². The summed E-state index contributed by atoms with van der Waals surface area (Å²) in [6, 6.07) is 5.30. The lowest BCUT2D eigenvalue weighted by Crippen LogP contribution is -1.86. The average Bonchev–Trinajstić information content (AvgIpc) is 2.20. The van der Waals surface area contributed by atoms with Gasteiger partial charge < -0.3 is 4.79 Å². The van der Waals surface area contributed by atoms with E-state index in [0.29, 0.717) is 22.9 Å². The molecule has 0 N–H and O–H groups in total. The molecular formula is C11H14Cl2O. The summed E-state index contributed by atoms with van der Waals surface area (Å²) in [4.78, 5) is 10.1. The van der Waals surface area contributed by atoms with Crippen LogP contribution in [0.15, 0.2) is 18.2 Å². The number of halogens is 2. The fourth-order valence-corrected chi connectivity index (χ4v) is 1.44. The number of aryl methyl sites for hydroxylation is 1. The maximum atomic E-state index is 10.1. The second kappa shape index (κ2) is 7.84. The number of carbonyl (C=O) groups excluding carboxylic acids is 1. The van der Waals surface area contributed by atoms with Crippen molar-refractivity contribution in [3.8, 4) is 0 Å². The van der Waals surface area contributed by atoms with Crippen LogP contribution >= 0.6 is 23.2 Å². The third-order valence-corrected chi connectivity index (χ3v) is 2.13. The number of carbonyl (C=O) groups is 1. The normalized spacial score (nSPS) is 8.86. The summed E-state index contributed by atoms with van der Waals surface area (Å²) >= 11 is 11.6. The minimum Gasteiger partial charge on any atom is -0.303 e. The summed E-state index contributed by atoms with van der Waals surface area (Å²) in [5, 5.41) is 1.25. The highest BCUT2D eigenvalue weighted by molar-refractivity contribution is 6.35. The molecule has 0 fully saturated rings. The molecule has 3 heteroatoms. The van der Waals surface area contributed by atoms with Gasteiger partial charge in [-0.1, -0.05) is 43.1 Å². The molecule has 0 unspecified atom stereocenters. The molecule has 0 aliphatic rings. The molecule has 1 aromatic carbocycles. The molecule has 0 saturated heterocycles. The van der Waals surface area contributed by atoms with Crippen LogP contribution in [0.1, 0.15) is 25.8 Å². The zero-order valence-corrected chi connectivity index (χ0v) is 9.90. The van der Waals surface area contributed by atoms with Crippen molar-refractivity contribution in [3.05, 3.63) is 33.8 Å². The van der Waals surface area contributed by atoms with E-state index in [4.69, 9.17) is 23.2 Å². The smallest absolute Gasteiger partial charge is 0.120 e. The highest BCUT2D eigenvalue weighted by Crippen LogP contribution is 2.21. The molecule has 0 atom stereocenters. The lowest BCUT2D eigenvalue weighted by molar-refractivity contribution is -0.107. The molecule has 0 heterocycles. The van der Waals surface area contributed by atoms with E-state index >= 15 is 0 Å². The molecule has 0 amide bonds. The van der Waals surface area contributed by atoms with Gasteiger partial charge in [0.1, 0.15) is 6.29 Å². The standard InChI is InChI=1S/C9H8Cl2O.C2H6/c10-8-4-3-7(2-1-5-12)9(11)6-8;1-2/h3-6H,1-2H2;1-2H3. The van der Waals surface area contributed by atoms with E-state index in [0.717, 1.165) is 11.8 Å². The zero-order valence-electron chi connectivity index (χ0n) is 8.39.